The monoisotopic (exact) mass is 552 g/mol. The maximum absolute atomic E-state index is 8.64. The van der Waals surface area contributed by atoms with Gasteiger partial charge in [0.25, 0.3) is 0 Å². The molecule has 33 heteroatoms. The van der Waals surface area contributed by atoms with Crippen molar-refractivity contribution < 1.29 is 195 Å². The van der Waals surface area contributed by atoms with E-state index in [1.807, 2.05) is 0 Å². The normalized spacial score (nSPS) is 4.09. The fraction of sp³-hybridized carbons (Fsp3) is 0. The van der Waals surface area contributed by atoms with Crippen LogP contribution in [0.5, 0.6) is 0 Å². The predicted molar refractivity (Wildman–Crippen MR) is 97.9 cm³/mol. The van der Waals surface area contributed by atoms with Crippen LogP contribution in [0.4, 0.5) is 0 Å². The van der Waals surface area contributed by atoms with E-state index in [-0.39, 0.29) is 119 Å². The molecule has 0 aromatic heterocycles. The minimum absolute atomic E-state index is 0. The van der Waals surface area contributed by atoms with Crippen molar-refractivity contribution >= 4 is 36.6 Å². The van der Waals surface area contributed by atoms with Crippen LogP contribution in [0, 0.1) is 0 Å². The molecule has 0 heterocycles. The fourth-order valence-corrected chi connectivity index (χ4v) is 0. The molecule has 0 aromatic rings. The first-order valence-electron chi connectivity index (χ1n) is 3.85. The molecular weight excluding hydrogens is 516 g/mol. The van der Waals surface area contributed by atoms with E-state index in [1.54, 1.807) is 0 Å². The molecule has 0 saturated carbocycles. The Bertz CT molecular complexity index is 89.2. The van der Waals surface area contributed by atoms with E-state index in [9.17, 15) is 0 Å². The van der Waals surface area contributed by atoms with Crippen molar-refractivity contribution in [1.29, 1.82) is 0 Å². The van der Waals surface area contributed by atoms with Crippen molar-refractivity contribution in [1.82, 2.24) is 0 Å². The minimum atomic E-state index is -2.42. The van der Waals surface area contributed by atoms with Crippen LogP contribution in [0.25, 0.3) is 0 Å². The SMILES string of the molecule is O.O.O.O.O.O.O.O.O.O.OB(O)O.OB(O)O.OB(O)O.OB(O)O.[Na+].[Na+].[O-]B(O)O.[OH-]. The van der Waals surface area contributed by atoms with Crippen molar-refractivity contribution in [3.05, 3.63) is 0 Å². The van der Waals surface area contributed by atoms with Crippen LogP contribution >= 0.6 is 0 Å². The summed E-state index contributed by atoms with van der Waals surface area (Å²) in [7, 11) is -11.1. The molecule has 0 fully saturated rings. The average Bonchev–Trinajstić information content (AvgIpc) is 1.94. The Balaban J connectivity index is -0.00000000485. The van der Waals surface area contributed by atoms with E-state index in [4.69, 9.17) is 75.4 Å². The van der Waals surface area contributed by atoms with Crippen LogP contribution in [-0.4, -0.2) is 167 Å². The van der Waals surface area contributed by atoms with Gasteiger partial charge in [0.15, 0.2) is 0 Å². The van der Waals surface area contributed by atoms with E-state index in [2.05, 4.69) is 0 Å². The van der Waals surface area contributed by atoms with Gasteiger partial charge in [-0.25, -0.2) is 0 Å². The third-order valence-electron chi connectivity index (χ3n) is 0. The summed E-state index contributed by atoms with van der Waals surface area (Å²) in [5.41, 5.74) is 0. The molecule has 0 atom stereocenters. The molecule has 0 saturated heterocycles. The van der Waals surface area contributed by atoms with Gasteiger partial charge < -0.3 is 136 Å². The second-order valence-corrected chi connectivity index (χ2v) is 1.71. The largest absolute Gasteiger partial charge is 1.00 e. The molecule has 0 aliphatic heterocycles. The third kappa shape index (κ3) is 19700. The van der Waals surface area contributed by atoms with Crippen LogP contribution in [-0.2, 0) is 0 Å². The summed E-state index contributed by atoms with van der Waals surface area (Å²) in [5, 5.41) is 109. The molecule has 0 radical (unpaired) electrons. The van der Waals surface area contributed by atoms with Crippen molar-refractivity contribution in [3.8, 4) is 0 Å². The first-order chi connectivity index (χ1) is 8.66. The summed E-state index contributed by atoms with van der Waals surface area (Å²) in [4.78, 5) is 0. The molecule has 0 bridgehead atoms. The van der Waals surface area contributed by atoms with Gasteiger partial charge in [0, 0.05) is 0 Å². The first kappa shape index (κ1) is 143. The van der Waals surface area contributed by atoms with Crippen LogP contribution in [0.3, 0.4) is 0 Å². The molecular formula is H35B5Na2O26. The van der Waals surface area contributed by atoms with Gasteiger partial charge in [-0.1, -0.05) is 0 Å². The topological polar surface area (TPSA) is 651 Å². The molecule has 0 rings (SSSR count). The zero-order chi connectivity index (χ0) is 17.9. The molecule has 0 amide bonds. The van der Waals surface area contributed by atoms with Crippen LogP contribution in [0.1, 0.15) is 0 Å². The standard InChI is InChI=1S/4BH3O3.BH2O3.2Na.11H2O/c5*2-1(3)4;;;;;;;;;;;;;/h4*2-4H;2-3H;;;11*1H2/q;;;;-1;2*+1;;;;;;;;;;;/p-1. The zero-order valence-corrected chi connectivity index (χ0v) is 21.0. The minimum Gasteiger partial charge on any atom is -0.870 e. The molecule has 35 N–H and O–H groups in total. The Labute approximate surface area is 230 Å². The van der Waals surface area contributed by atoms with Crippen LogP contribution < -0.4 is 64.1 Å². The van der Waals surface area contributed by atoms with Gasteiger partial charge in [-0.2, -0.15) is 0 Å². The molecule has 0 unspecified atom stereocenters. The third-order valence-corrected chi connectivity index (χ3v) is 0. The molecule has 33 heavy (non-hydrogen) atoms. The fourth-order valence-electron chi connectivity index (χ4n) is 0. The van der Waals surface area contributed by atoms with E-state index in [0.29, 0.717) is 0 Å². The van der Waals surface area contributed by atoms with E-state index in [0.717, 1.165) is 0 Å². The van der Waals surface area contributed by atoms with Gasteiger partial charge in [-0.05, 0) is 0 Å². The maximum atomic E-state index is 8.64. The second kappa shape index (κ2) is 131. The Kier molecular flexibility index (Phi) is 568. The summed E-state index contributed by atoms with van der Waals surface area (Å²) in [6, 6.07) is 0. The van der Waals surface area contributed by atoms with Gasteiger partial charge in [0.1, 0.15) is 0 Å². The smallest absolute Gasteiger partial charge is 0.870 e. The van der Waals surface area contributed by atoms with Crippen molar-refractivity contribution in [2.24, 2.45) is 0 Å². The van der Waals surface area contributed by atoms with Crippen LogP contribution in [0.2, 0.25) is 0 Å². The van der Waals surface area contributed by atoms with E-state index in [1.165, 1.54) is 0 Å². The Morgan fingerprint density at radius 3 is 0.303 bits per heavy atom. The van der Waals surface area contributed by atoms with Crippen LogP contribution in [0.15, 0.2) is 0 Å². The Morgan fingerprint density at radius 2 is 0.303 bits per heavy atom. The molecule has 0 spiro atoms. The summed E-state index contributed by atoms with van der Waals surface area (Å²) < 4.78 is 0. The number of rotatable bonds is 0. The van der Waals surface area contributed by atoms with Gasteiger partial charge in [0.05, 0.1) is 0 Å². The second-order valence-electron chi connectivity index (χ2n) is 1.71. The summed E-state index contributed by atoms with van der Waals surface area (Å²) in [5.74, 6) is 0. The van der Waals surface area contributed by atoms with Gasteiger partial charge in [0.2, 0.25) is 0 Å². The van der Waals surface area contributed by atoms with Gasteiger partial charge in [-0.15, -0.1) is 0 Å². The molecule has 0 aliphatic carbocycles. The molecule has 0 aliphatic rings. The molecule has 208 valence electrons. The molecule has 26 nitrogen and oxygen atoms in total. The Hall–Kier alpha value is 1.28. The molecule has 0 aromatic carbocycles. The first-order valence-corrected chi connectivity index (χ1v) is 3.85. The summed E-state index contributed by atoms with van der Waals surface area (Å²) in [6.07, 6.45) is 0. The number of hydrogen-bond donors (Lipinski definition) is 14. The van der Waals surface area contributed by atoms with E-state index < -0.39 is 36.6 Å². The van der Waals surface area contributed by atoms with Crippen molar-refractivity contribution in [2.45, 2.75) is 0 Å². The quantitative estimate of drug-likeness (QED) is 0.124. The predicted octanol–water partition coefficient (Wildman–Crippen LogP) is -25.3. The van der Waals surface area contributed by atoms with Crippen molar-refractivity contribution in [3.63, 3.8) is 0 Å². The van der Waals surface area contributed by atoms with Gasteiger partial charge in [-0.3, -0.25) is 0 Å². The maximum Gasteiger partial charge on any atom is 1.00 e. The number of hydrogen-bond acceptors (Lipinski definition) is 16. The average molecular weight is 551 g/mol. The van der Waals surface area contributed by atoms with Gasteiger partial charge >= 0.3 is 95.7 Å². The van der Waals surface area contributed by atoms with Crippen molar-refractivity contribution in [2.75, 3.05) is 0 Å². The summed E-state index contributed by atoms with van der Waals surface area (Å²) >= 11 is 0. The Morgan fingerprint density at radius 1 is 0.303 bits per heavy atom. The summed E-state index contributed by atoms with van der Waals surface area (Å²) in [6.45, 7) is 0. The van der Waals surface area contributed by atoms with E-state index >= 15 is 0 Å². The zero-order valence-electron chi connectivity index (χ0n) is 17.0.